The van der Waals surface area contributed by atoms with Crippen molar-refractivity contribution in [1.82, 2.24) is 9.96 Å². The fourth-order valence-electron chi connectivity index (χ4n) is 4.09. The van der Waals surface area contributed by atoms with Gasteiger partial charge in [-0.1, -0.05) is 43.5 Å². The molecule has 0 saturated heterocycles. The summed E-state index contributed by atoms with van der Waals surface area (Å²) < 4.78 is 33.5. The summed E-state index contributed by atoms with van der Waals surface area (Å²) in [5, 5.41) is 11.0. The molecule has 12 heteroatoms. The Morgan fingerprint density at radius 1 is 1.32 bits per heavy atom. The van der Waals surface area contributed by atoms with Crippen LogP contribution in [-0.2, 0) is 19.9 Å². The first-order chi connectivity index (χ1) is 15.8. The maximum atomic E-state index is 14.9. The van der Waals surface area contributed by atoms with Crippen LogP contribution in [0.1, 0.15) is 18.9 Å². The summed E-state index contributed by atoms with van der Waals surface area (Å²) in [7, 11) is 1.40. The normalized spacial score (nSPS) is 25.9. The van der Waals surface area contributed by atoms with Crippen LogP contribution in [0.15, 0.2) is 23.2 Å². The van der Waals surface area contributed by atoms with Crippen LogP contribution in [0.4, 0.5) is 13.6 Å². The minimum Gasteiger partial charge on any atom is -0.465 e. The topological polar surface area (TPSA) is 91.7 Å². The van der Waals surface area contributed by atoms with Crippen LogP contribution in [0.25, 0.3) is 0 Å². The van der Waals surface area contributed by atoms with Crippen molar-refractivity contribution in [3.05, 3.63) is 35.4 Å². The average Bonchev–Trinajstić information content (AvgIpc) is 3.50. The van der Waals surface area contributed by atoms with Crippen molar-refractivity contribution in [3.63, 3.8) is 0 Å². The number of thioether (sulfide) groups is 1. The predicted molar refractivity (Wildman–Crippen MR) is 128 cm³/mol. The molecule has 0 bridgehead atoms. The summed E-state index contributed by atoms with van der Waals surface area (Å²) in [5.41, 5.74) is -1.40. The summed E-state index contributed by atoms with van der Waals surface area (Å²) in [6, 6.07) is 4.63. The Hall–Kier alpha value is -2.02. The Balaban J connectivity index is 2.01. The monoisotopic (exact) mass is 515 g/mol. The van der Waals surface area contributed by atoms with Gasteiger partial charge in [-0.05, 0) is 25.5 Å². The Kier molecular flexibility index (Phi) is 7.47. The van der Waals surface area contributed by atoms with Crippen molar-refractivity contribution >= 4 is 37.0 Å². The Bertz CT molecular complexity index is 1010. The Labute approximate surface area is 203 Å². The van der Waals surface area contributed by atoms with E-state index in [9.17, 15) is 23.5 Å². The first-order valence-electron chi connectivity index (χ1n) is 10.9. The fraction of sp³-hybridized carbons (Fsp3) is 0.591. The van der Waals surface area contributed by atoms with Crippen LogP contribution >= 0.6 is 11.8 Å². The standard InChI is InChI=1S/C22H31F2N3O5SSi/c1-21(14-8-7-9-15(23)17(14)24)16-12-22(16,18(28)26(2)31-3)33-19(25-21)27(20(29)30)13-32-10-11-34(4,5)6/h7-9,16H,10-13H2,1-6H3,(H,29,30)/t16-,21+,22-/m0/s1. The highest BCUT2D eigenvalue weighted by Crippen LogP contribution is 2.67. The molecule has 1 saturated carbocycles. The number of nitrogens with zero attached hydrogens (tertiary/aromatic N) is 3. The largest absolute Gasteiger partial charge is 0.465 e. The molecule has 1 aromatic carbocycles. The van der Waals surface area contributed by atoms with E-state index in [1.165, 1.54) is 26.3 Å². The third kappa shape index (κ3) is 5.00. The van der Waals surface area contributed by atoms with Gasteiger partial charge in [-0.25, -0.2) is 23.5 Å². The highest BCUT2D eigenvalue weighted by atomic mass is 32.2. The lowest BCUT2D eigenvalue weighted by molar-refractivity contribution is -0.169. The summed E-state index contributed by atoms with van der Waals surface area (Å²) in [4.78, 5) is 36.0. The molecule has 3 atom stereocenters. The third-order valence-electron chi connectivity index (χ3n) is 6.29. The summed E-state index contributed by atoms with van der Waals surface area (Å²) in [6.07, 6.45) is -1.02. The van der Waals surface area contributed by atoms with Gasteiger partial charge in [-0.15, -0.1) is 0 Å². The number of carbonyl (C=O) groups is 2. The van der Waals surface area contributed by atoms with Gasteiger partial charge >= 0.3 is 6.09 Å². The molecular formula is C22H31F2N3O5SSi. The zero-order valence-electron chi connectivity index (χ0n) is 20.2. The van der Waals surface area contributed by atoms with E-state index in [1.54, 1.807) is 6.92 Å². The van der Waals surface area contributed by atoms with E-state index in [4.69, 9.17) is 9.57 Å². The molecule has 188 valence electrons. The minimum absolute atomic E-state index is 0.00160. The number of amides is 2. The number of carboxylic acid groups (broad SMARTS) is 1. The van der Waals surface area contributed by atoms with Crippen molar-refractivity contribution in [2.75, 3.05) is 27.5 Å². The quantitative estimate of drug-likeness (QED) is 0.240. The summed E-state index contributed by atoms with van der Waals surface area (Å²) in [6.45, 7) is 8.23. The third-order valence-corrected chi connectivity index (χ3v) is 9.48. The number of carbonyl (C=O) groups excluding carboxylic acids is 1. The lowest BCUT2D eigenvalue weighted by Crippen LogP contribution is -2.48. The zero-order chi connectivity index (χ0) is 25.5. The van der Waals surface area contributed by atoms with Crippen LogP contribution in [0.5, 0.6) is 0 Å². The minimum atomic E-state index is -1.39. The van der Waals surface area contributed by atoms with Crippen molar-refractivity contribution in [2.24, 2.45) is 10.9 Å². The molecule has 2 aliphatic rings. The van der Waals surface area contributed by atoms with E-state index >= 15 is 0 Å². The lowest BCUT2D eigenvalue weighted by atomic mass is 9.85. The summed E-state index contributed by atoms with van der Waals surface area (Å²) in [5.74, 6) is -2.99. The Morgan fingerprint density at radius 2 is 2.00 bits per heavy atom. The molecular weight excluding hydrogens is 484 g/mol. The second-order valence-corrected chi connectivity index (χ2v) is 16.9. The van der Waals surface area contributed by atoms with E-state index in [2.05, 4.69) is 24.6 Å². The molecule has 1 fully saturated rings. The molecule has 1 aromatic rings. The van der Waals surface area contributed by atoms with Crippen molar-refractivity contribution in [1.29, 1.82) is 0 Å². The molecule has 1 N–H and O–H groups in total. The van der Waals surface area contributed by atoms with E-state index in [-0.39, 0.29) is 17.5 Å². The van der Waals surface area contributed by atoms with Gasteiger partial charge in [0.1, 0.15) is 11.5 Å². The molecule has 0 aromatic heterocycles. The number of hydrogen-bond acceptors (Lipinski definition) is 6. The number of halogens is 2. The molecule has 1 aliphatic heterocycles. The number of rotatable bonds is 8. The van der Waals surface area contributed by atoms with E-state index in [0.717, 1.165) is 33.8 Å². The first kappa shape index (κ1) is 26.6. The van der Waals surface area contributed by atoms with Gasteiger partial charge in [0, 0.05) is 33.2 Å². The highest BCUT2D eigenvalue weighted by Gasteiger charge is 2.72. The maximum absolute atomic E-state index is 14.9. The van der Waals surface area contributed by atoms with E-state index in [0.29, 0.717) is 13.0 Å². The van der Waals surface area contributed by atoms with Gasteiger partial charge < -0.3 is 9.84 Å². The van der Waals surface area contributed by atoms with Gasteiger partial charge in [0.05, 0.1) is 12.6 Å². The van der Waals surface area contributed by atoms with E-state index in [1.807, 2.05) is 0 Å². The van der Waals surface area contributed by atoms with Gasteiger partial charge in [-0.3, -0.25) is 14.6 Å². The number of hydrogen-bond donors (Lipinski definition) is 1. The molecule has 3 rings (SSSR count). The average molecular weight is 516 g/mol. The van der Waals surface area contributed by atoms with Gasteiger partial charge in [0.25, 0.3) is 5.91 Å². The SMILES string of the molecule is CON(C)C(=O)[C@]12C[C@H]1[C@@](C)(c1cccc(F)c1F)N=C(N(COCC[Si](C)(C)C)C(=O)O)S2. The molecule has 1 heterocycles. The van der Waals surface area contributed by atoms with Crippen LogP contribution in [-0.4, -0.2) is 72.6 Å². The van der Waals surface area contributed by atoms with Crippen molar-refractivity contribution in [2.45, 2.75) is 49.3 Å². The molecule has 1 aliphatic carbocycles. The van der Waals surface area contributed by atoms with Crippen LogP contribution in [0, 0.1) is 17.6 Å². The number of hydroxylamine groups is 2. The number of ether oxygens (including phenoxy) is 1. The number of amidine groups is 1. The number of fused-ring (bicyclic) bond motifs is 1. The second-order valence-electron chi connectivity index (χ2n) is 9.94. The maximum Gasteiger partial charge on any atom is 0.415 e. The highest BCUT2D eigenvalue weighted by molar-refractivity contribution is 8.16. The molecule has 34 heavy (non-hydrogen) atoms. The van der Waals surface area contributed by atoms with Crippen molar-refractivity contribution in [3.8, 4) is 0 Å². The molecule has 0 radical (unpaired) electrons. The molecule has 0 spiro atoms. The zero-order valence-corrected chi connectivity index (χ0v) is 22.0. The molecule has 8 nitrogen and oxygen atoms in total. The van der Waals surface area contributed by atoms with Crippen molar-refractivity contribution < 1.29 is 33.1 Å². The number of aliphatic imine (C=N–C) groups is 1. The summed E-state index contributed by atoms with van der Waals surface area (Å²) >= 11 is 1.00. The predicted octanol–water partition coefficient (Wildman–Crippen LogP) is 4.35. The van der Waals surface area contributed by atoms with Crippen LogP contribution in [0.3, 0.4) is 0 Å². The lowest BCUT2D eigenvalue weighted by Gasteiger charge is -2.37. The molecule has 2 amide bonds. The van der Waals surface area contributed by atoms with Gasteiger partial charge in [0.2, 0.25) is 0 Å². The second kappa shape index (κ2) is 9.55. The number of benzene rings is 1. The van der Waals surface area contributed by atoms with Gasteiger partial charge in [0.15, 0.2) is 16.8 Å². The van der Waals surface area contributed by atoms with Crippen LogP contribution < -0.4 is 0 Å². The fourth-order valence-corrected chi connectivity index (χ4v) is 6.48. The van der Waals surface area contributed by atoms with E-state index < -0.39 is 47.9 Å². The van der Waals surface area contributed by atoms with Gasteiger partial charge in [-0.2, -0.15) is 0 Å². The smallest absolute Gasteiger partial charge is 0.415 e. The molecule has 0 unspecified atom stereocenters. The Morgan fingerprint density at radius 3 is 2.59 bits per heavy atom. The van der Waals surface area contributed by atoms with Crippen LogP contribution in [0.2, 0.25) is 25.7 Å². The first-order valence-corrected chi connectivity index (χ1v) is 15.4.